The first kappa shape index (κ1) is 27.8. The van der Waals surface area contributed by atoms with Crippen molar-refractivity contribution in [3.05, 3.63) is 156 Å². The van der Waals surface area contributed by atoms with Crippen LogP contribution in [0.4, 0.5) is 5.69 Å². The summed E-state index contributed by atoms with van der Waals surface area (Å²) in [6.45, 7) is 0. The van der Waals surface area contributed by atoms with E-state index in [4.69, 9.17) is 14.2 Å². The van der Waals surface area contributed by atoms with Crippen LogP contribution in [0, 0.1) is 23.2 Å². The molecule has 8 aliphatic rings. The molecule has 0 saturated carbocycles. The molecule has 2 saturated heterocycles. The van der Waals surface area contributed by atoms with Gasteiger partial charge in [0.2, 0.25) is 0 Å². The van der Waals surface area contributed by atoms with Gasteiger partial charge in [-0.1, -0.05) is 103 Å². The number of ether oxygens (including phenoxy) is 3. The Morgan fingerprint density at radius 3 is 2.51 bits per heavy atom. The van der Waals surface area contributed by atoms with Crippen molar-refractivity contribution in [3.63, 3.8) is 0 Å². The molecule has 2 aromatic rings. The molecular weight excluding hydrogens is 578 g/mol. The average molecular weight is 620 g/mol. The van der Waals surface area contributed by atoms with Gasteiger partial charge in [-0.05, 0) is 61.1 Å². The first-order valence-corrected chi connectivity index (χ1v) is 17.7. The van der Waals surface area contributed by atoms with Gasteiger partial charge in [0.25, 0.3) is 0 Å². The minimum Gasteiger partial charge on any atom is -0.490 e. The Morgan fingerprint density at radius 2 is 1.55 bits per heavy atom. The van der Waals surface area contributed by atoms with E-state index in [0.717, 1.165) is 61.5 Å². The minimum atomic E-state index is -0.151. The van der Waals surface area contributed by atoms with Crippen LogP contribution >= 0.6 is 0 Å². The van der Waals surface area contributed by atoms with Gasteiger partial charge in [-0.3, -0.25) is 0 Å². The van der Waals surface area contributed by atoms with Crippen molar-refractivity contribution >= 4 is 5.69 Å². The van der Waals surface area contributed by atoms with Crippen molar-refractivity contribution in [1.29, 1.82) is 0 Å². The Balaban J connectivity index is 1.11. The average Bonchev–Trinajstić information content (AvgIpc) is 3.13. The van der Waals surface area contributed by atoms with E-state index in [1.54, 1.807) is 0 Å². The van der Waals surface area contributed by atoms with Gasteiger partial charge in [0.15, 0.2) is 5.75 Å². The standard InChI is InChI=1S/C43H41NO3/c1-2-12-28(13-3-1)29-22-24-33-41(26-29)45-37-18-8-4-14-31(37)43(33)32-15-5-9-19-38(32)46-42-27-30(23-25-34(42)43)44-35-16-6-10-20-39(35)47-40-21-11-7-17-36(40)44/h1-4,6-8,10,12-20,22-25,29-31,33-34,37,41-42H,5,9,11,21,26-27H2. The van der Waals surface area contributed by atoms with Gasteiger partial charge in [-0.2, -0.15) is 0 Å². The van der Waals surface area contributed by atoms with Crippen LogP contribution in [0.2, 0.25) is 0 Å². The summed E-state index contributed by atoms with van der Waals surface area (Å²) in [5.74, 6) is 4.23. The van der Waals surface area contributed by atoms with Crippen LogP contribution in [0.25, 0.3) is 0 Å². The lowest BCUT2D eigenvalue weighted by Gasteiger charge is -2.63. The molecule has 0 bridgehead atoms. The van der Waals surface area contributed by atoms with Crippen molar-refractivity contribution in [2.75, 3.05) is 4.90 Å². The van der Waals surface area contributed by atoms with Crippen LogP contribution in [0.5, 0.6) is 5.75 Å². The van der Waals surface area contributed by atoms with Crippen LogP contribution < -0.4 is 9.64 Å². The molecule has 4 nitrogen and oxygen atoms in total. The van der Waals surface area contributed by atoms with Gasteiger partial charge in [-0.25, -0.2) is 0 Å². The van der Waals surface area contributed by atoms with E-state index in [1.807, 2.05) is 0 Å². The number of rotatable bonds is 2. The molecule has 4 heteroatoms. The fourth-order valence-corrected chi connectivity index (χ4v) is 10.2. The van der Waals surface area contributed by atoms with E-state index in [1.165, 1.54) is 16.8 Å². The van der Waals surface area contributed by atoms with E-state index < -0.39 is 0 Å². The number of para-hydroxylation sites is 2. The molecule has 0 amide bonds. The summed E-state index contributed by atoms with van der Waals surface area (Å²) in [7, 11) is 0. The third-order valence-electron chi connectivity index (χ3n) is 12.1. The molecule has 0 aromatic heterocycles. The topological polar surface area (TPSA) is 30.9 Å². The number of hydrogen-bond acceptors (Lipinski definition) is 4. The smallest absolute Gasteiger partial charge is 0.150 e. The van der Waals surface area contributed by atoms with E-state index >= 15 is 0 Å². The normalized spacial score (nSPS) is 37.3. The second-order valence-electron chi connectivity index (χ2n) is 14.4. The monoisotopic (exact) mass is 619 g/mol. The molecule has 47 heavy (non-hydrogen) atoms. The van der Waals surface area contributed by atoms with E-state index in [-0.39, 0.29) is 47.5 Å². The van der Waals surface area contributed by atoms with Crippen LogP contribution in [-0.2, 0) is 9.47 Å². The molecule has 3 heterocycles. The zero-order valence-corrected chi connectivity index (χ0v) is 26.7. The molecule has 1 spiro atoms. The predicted molar refractivity (Wildman–Crippen MR) is 186 cm³/mol. The maximum atomic E-state index is 7.16. The Hall–Kier alpha value is -4.28. The molecule has 5 aliphatic carbocycles. The maximum absolute atomic E-state index is 7.16. The summed E-state index contributed by atoms with van der Waals surface area (Å²) < 4.78 is 20.7. The number of fused-ring (bicyclic) bond motifs is 9. The maximum Gasteiger partial charge on any atom is 0.150 e. The summed E-state index contributed by atoms with van der Waals surface area (Å²) in [5.41, 5.74) is 4.98. The predicted octanol–water partition coefficient (Wildman–Crippen LogP) is 9.25. The number of benzene rings is 2. The van der Waals surface area contributed by atoms with Crippen LogP contribution in [0.3, 0.4) is 0 Å². The summed E-state index contributed by atoms with van der Waals surface area (Å²) in [6, 6.07) is 19.7. The summed E-state index contributed by atoms with van der Waals surface area (Å²) in [4.78, 5) is 2.52. The minimum absolute atomic E-state index is 0.0457. The van der Waals surface area contributed by atoms with Gasteiger partial charge in [0.05, 0.1) is 29.6 Å². The van der Waals surface area contributed by atoms with Gasteiger partial charge in [0, 0.05) is 41.9 Å². The molecule has 9 unspecified atom stereocenters. The number of allylic oxidation sites excluding steroid dienone is 9. The highest BCUT2D eigenvalue weighted by Crippen LogP contribution is 2.66. The van der Waals surface area contributed by atoms with Gasteiger partial charge >= 0.3 is 0 Å². The van der Waals surface area contributed by atoms with Crippen LogP contribution in [-0.4, -0.2) is 24.4 Å². The highest BCUT2D eigenvalue weighted by Gasteiger charge is 2.65. The molecule has 3 aliphatic heterocycles. The van der Waals surface area contributed by atoms with E-state index in [0.29, 0.717) is 5.92 Å². The molecule has 0 radical (unpaired) electrons. The Kier molecular flexibility index (Phi) is 6.44. The summed E-state index contributed by atoms with van der Waals surface area (Å²) in [5, 5.41) is 0. The van der Waals surface area contributed by atoms with E-state index in [2.05, 4.69) is 132 Å². The lowest BCUT2D eigenvalue weighted by atomic mass is 9.47. The summed E-state index contributed by atoms with van der Waals surface area (Å²) in [6.07, 6.45) is 35.0. The first-order chi connectivity index (χ1) is 23.3. The zero-order valence-electron chi connectivity index (χ0n) is 26.7. The molecular formula is C43H41NO3. The first-order valence-electron chi connectivity index (χ1n) is 17.7. The molecule has 2 fully saturated rings. The third-order valence-corrected chi connectivity index (χ3v) is 12.1. The van der Waals surface area contributed by atoms with Crippen molar-refractivity contribution < 1.29 is 14.2 Å². The Morgan fingerprint density at radius 1 is 0.723 bits per heavy atom. The van der Waals surface area contributed by atoms with Crippen molar-refractivity contribution in [3.8, 4) is 5.75 Å². The SMILES string of the molecule is C1=CC2OC3CC(c4ccccc4)C=CC3C3(C4=CCCC=C4OC4CC(N5C6=C(CCC=C6)Oc6ccccc65)C=CC43)C2C=C1. The highest BCUT2D eigenvalue weighted by molar-refractivity contribution is 5.69. The lowest BCUT2D eigenvalue weighted by molar-refractivity contribution is -0.176. The molecule has 10 rings (SSSR count). The zero-order chi connectivity index (χ0) is 31.0. The molecule has 0 N–H and O–H groups in total. The Labute approximate surface area is 277 Å². The fraction of sp³-hybridized carbons (Fsp3) is 0.349. The fourth-order valence-electron chi connectivity index (χ4n) is 10.2. The van der Waals surface area contributed by atoms with Crippen molar-refractivity contribution in [2.24, 2.45) is 23.2 Å². The molecule has 9 atom stereocenters. The second kappa shape index (κ2) is 10.9. The van der Waals surface area contributed by atoms with Crippen molar-refractivity contribution in [2.45, 2.75) is 68.8 Å². The molecule has 2 aromatic carbocycles. The Bertz CT molecular complexity index is 1840. The van der Waals surface area contributed by atoms with Gasteiger partial charge in [-0.15, -0.1) is 0 Å². The third kappa shape index (κ3) is 4.16. The quantitative estimate of drug-likeness (QED) is 0.314. The van der Waals surface area contributed by atoms with E-state index in [9.17, 15) is 0 Å². The number of hydrogen-bond donors (Lipinski definition) is 0. The second-order valence-corrected chi connectivity index (χ2v) is 14.4. The van der Waals surface area contributed by atoms with Crippen LogP contribution in [0.1, 0.15) is 50.0 Å². The largest absolute Gasteiger partial charge is 0.490 e. The highest BCUT2D eigenvalue weighted by atomic mass is 16.5. The van der Waals surface area contributed by atoms with Gasteiger partial charge in [0.1, 0.15) is 17.6 Å². The number of anilines is 1. The molecule has 236 valence electrons. The van der Waals surface area contributed by atoms with Gasteiger partial charge < -0.3 is 19.1 Å². The van der Waals surface area contributed by atoms with Crippen LogP contribution in [0.15, 0.2) is 150 Å². The number of nitrogens with zero attached hydrogens (tertiary/aromatic N) is 1. The lowest BCUT2D eigenvalue weighted by Crippen LogP contribution is -2.64. The van der Waals surface area contributed by atoms with Crippen molar-refractivity contribution in [1.82, 2.24) is 0 Å². The summed E-state index contributed by atoms with van der Waals surface area (Å²) >= 11 is 0.